The van der Waals surface area contributed by atoms with E-state index in [2.05, 4.69) is 111 Å². The van der Waals surface area contributed by atoms with Crippen LogP contribution in [-0.2, 0) is 12.8 Å². The lowest BCUT2D eigenvalue weighted by molar-refractivity contribution is 0.814. The maximum atomic E-state index is 2.41. The summed E-state index contributed by atoms with van der Waals surface area (Å²) in [6.45, 7) is 4.52. The standard InChI is InChI=1S/C33H28/c1-22-14-30-18-26-8-3-5-10-28(26)20-32(30)16-24(22)12-7-13-25-17-33-21-29-11-6-4-9-27(29)19-31(33)15-23(25)2/h3-6,8-11,14-21H,7,12-13H2,1-2H3. The molecule has 0 spiro atoms. The van der Waals surface area contributed by atoms with Crippen molar-refractivity contribution in [3.8, 4) is 0 Å². The molecule has 0 heterocycles. The molecule has 33 heavy (non-hydrogen) atoms. The highest BCUT2D eigenvalue weighted by molar-refractivity contribution is 5.99. The third-order valence-electron chi connectivity index (χ3n) is 7.21. The van der Waals surface area contributed by atoms with Crippen molar-refractivity contribution in [1.29, 1.82) is 0 Å². The average molecular weight is 425 g/mol. The van der Waals surface area contributed by atoms with Crippen LogP contribution < -0.4 is 0 Å². The summed E-state index contributed by atoms with van der Waals surface area (Å²) >= 11 is 0. The van der Waals surface area contributed by atoms with Crippen molar-refractivity contribution in [2.75, 3.05) is 0 Å². The van der Waals surface area contributed by atoms with E-state index in [-0.39, 0.29) is 0 Å². The van der Waals surface area contributed by atoms with Gasteiger partial charge < -0.3 is 0 Å². The van der Waals surface area contributed by atoms with E-state index < -0.39 is 0 Å². The molecule has 0 aromatic heterocycles. The molecule has 0 bridgehead atoms. The number of benzene rings is 6. The van der Waals surface area contributed by atoms with Crippen molar-refractivity contribution in [3.63, 3.8) is 0 Å². The summed E-state index contributed by atoms with van der Waals surface area (Å²) < 4.78 is 0. The number of rotatable bonds is 4. The SMILES string of the molecule is Cc1cc2cc3ccccc3cc2cc1CCCc1cc2cc3ccccc3cc2cc1C. The molecular weight excluding hydrogens is 396 g/mol. The van der Waals surface area contributed by atoms with Crippen LogP contribution in [0, 0.1) is 13.8 Å². The summed E-state index contributed by atoms with van der Waals surface area (Å²) in [6, 6.07) is 36.2. The predicted octanol–water partition coefficient (Wildman–Crippen LogP) is 9.09. The Kier molecular flexibility index (Phi) is 4.88. The van der Waals surface area contributed by atoms with Crippen LogP contribution in [-0.4, -0.2) is 0 Å². The molecule has 0 saturated carbocycles. The van der Waals surface area contributed by atoms with Gasteiger partial charge in [-0.15, -0.1) is 0 Å². The molecule has 0 atom stereocenters. The van der Waals surface area contributed by atoms with E-state index in [0.717, 1.165) is 12.8 Å². The third kappa shape index (κ3) is 3.76. The minimum Gasteiger partial charge on any atom is -0.0616 e. The van der Waals surface area contributed by atoms with Gasteiger partial charge in [0.15, 0.2) is 0 Å². The van der Waals surface area contributed by atoms with Gasteiger partial charge in [-0.1, -0.05) is 72.8 Å². The van der Waals surface area contributed by atoms with Crippen LogP contribution in [0.5, 0.6) is 0 Å². The Morgan fingerprint density at radius 3 is 1.09 bits per heavy atom. The minimum absolute atomic E-state index is 1.11. The maximum absolute atomic E-state index is 2.41. The van der Waals surface area contributed by atoms with Crippen molar-refractivity contribution in [3.05, 3.63) is 119 Å². The summed E-state index contributed by atoms with van der Waals surface area (Å²) in [5.74, 6) is 0. The highest BCUT2D eigenvalue weighted by atomic mass is 14.1. The van der Waals surface area contributed by atoms with Crippen molar-refractivity contribution in [2.45, 2.75) is 33.1 Å². The average Bonchev–Trinajstić information content (AvgIpc) is 2.82. The quantitative estimate of drug-likeness (QED) is 0.248. The normalized spacial score (nSPS) is 11.7. The largest absolute Gasteiger partial charge is 0.0616 e. The minimum atomic E-state index is 1.11. The van der Waals surface area contributed by atoms with E-state index in [4.69, 9.17) is 0 Å². The van der Waals surface area contributed by atoms with E-state index in [9.17, 15) is 0 Å². The van der Waals surface area contributed by atoms with Gasteiger partial charge in [0.05, 0.1) is 0 Å². The monoisotopic (exact) mass is 424 g/mol. The molecule has 6 rings (SSSR count). The molecule has 6 aromatic carbocycles. The van der Waals surface area contributed by atoms with Crippen molar-refractivity contribution < 1.29 is 0 Å². The molecule has 0 unspecified atom stereocenters. The van der Waals surface area contributed by atoms with Crippen LogP contribution in [0.2, 0.25) is 0 Å². The van der Waals surface area contributed by atoms with Crippen LogP contribution in [0.15, 0.2) is 97.1 Å². The molecule has 0 aliphatic carbocycles. The van der Waals surface area contributed by atoms with Gasteiger partial charge in [0.2, 0.25) is 0 Å². The molecule has 6 aromatic rings. The van der Waals surface area contributed by atoms with Crippen LogP contribution in [0.4, 0.5) is 0 Å². The van der Waals surface area contributed by atoms with Gasteiger partial charge in [-0.3, -0.25) is 0 Å². The van der Waals surface area contributed by atoms with Crippen LogP contribution >= 0.6 is 0 Å². The van der Waals surface area contributed by atoms with Crippen LogP contribution in [0.3, 0.4) is 0 Å². The van der Waals surface area contributed by atoms with Crippen molar-refractivity contribution in [2.24, 2.45) is 0 Å². The van der Waals surface area contributed by atoms with Crippen molar-refractivity contribution in [1.82, 2.24) is 0 Å². The molecule has 0 N–H and O–H groups in total. The zero-order valence-corrected chi connectivity index (χ0v) is 19.4. The molecule has 0 radical (unpaired) electrons. The number of hydrogen-bond donors (Lipinski definition) is 0. The molecule has 0 nitrogen and oxygen atoms in total. The molecule has 0 heteroatoms. The Bertz CT molecular complexity index is 1530. The molecule has 0 aliphatic rings. The van der Waals surface area contributed by atoms with E-state index >= 15 is 0 Å². The Hall–Kier alpha value is -3.64. The maximum Gasteiger partial charge on any atom is -0.0175 e. The first-order chi connectivity index (χ1) is 16.1. The van der Waals surface area contributed by atoms with E-state index in [1.807, 2.05) is 0 Å². The first-order valence-electron chi connectivity index (χ1n) is 12.0. The lowest BCUT2D eigenvalue weighted by Crippen LogP contribution is -1.96. The lowest BCUT2D eigenvalue weighted by Gasteiger charge is -2.12. The molecular formula is C33H28. The molecule has 0 saturated heterocycles. The van der Waals surface area contributed by atoms with Gasteiger partial charge >= 0.3 is 0 Å². The number of aryl methyl sites for hydroxylation is 4. The predicted molar refractivity (Wildman–Crippen MR) is 144 cm³/mol. The fourth-order valence-electron chi connectivity index (χ4n) is 5.31. The first kappa shape index (κ1) is 20.0. The van der Waals surface area contributed by atoms with E-state index in [1.54, 1.807) is 0 Å². The Morgan fingerprint density at radius 1 is 0.394 bits per heavy atom. The fraction of sp³-hybridized carbons (Fsp3) is 0.152. The second kappa shape index (κ2) is 8.05. The summed E-state index contributed by atoms with van der Waals surface area (Å²) in [5.41, 5.74) is 5.75. The highest BCUT2D eigenvalue weighted by Crippen LogP contribution is 2.28. The van der Waals surface area contributed by atoms with Gasteiger partial charge in [0.1, 0.15) is 0 Å². The van der Waals surface area contributed by atoms with E-state index in [0.29, 0.717) is 0 Å². The Labute approximate surface area is 195 Å². The summed E-state index contributed by atoms with van der Waals surface area (Å²) in [7, 11) is 0. The summed E-state index contributed by atoms with van der Waals surface area (Å²) in [5, 5.41) is 10.7. The third-order valence-corrected chi connectivity index (χ3v) is 7.21. The van der Waals surface area contributed by atoms with Gasteiger partial charge in [0.25, 0.3) is 0 Å². The molecule has 0 amide bonds. The second-order valence-corrected chi connectivity index (χ2v) is 9.50. The fourth-order valence-corrected chi connectivity index (χ4v) is 5.31. The summed E-state index contributed by atoms with van der Waals surface area (Å²) in [6.07, 6.45) is 3.40. The van der Waals surface area contributed by atoms with Crippen LogP contribution in [0.25, 0.3) is 43.1 Å². The lowest BCUT2D eigenvalue weighted by atomic mass is 9.93. The Balaban J connectivity index is 1.26. The first-order valence-corrected chi connectivity index (χ1v) is 12.0. The topological polar surface area (TPSA) is 0 Å². The number of fused-ring (bicyclic) bond motifs is 4. The number of hydrogen-bond acceptors (Lipinski definition) is 0. The molecule has 160 valence electrons. The van der Waals surface area contributed by atoms with Gasteiger partial charge in [-0.05, 0) is 123 Å². The van der Waals surface area contributed by atoms with Gasteiger partial charge in [-0.25, -0.2) is 0 Å². The highest BCUT2D eigenvalue weighted by Gasteiger charge is 2.07. The summed E-state index contributed by atoms with van der Waals surface area (Å²) in [4.78, 5) is 0. The Morgan fingerprint density at radius 2 is 0.727 bits per heavy atom. The van der Waals surface area contributed by atoms with Crippen molar-refractivity contribution >= 4 is 43.1 Å². The second-order valence-electron chi connectivity index (χ2n) is 9.50. The zero-order chi connectivity index (χ0) is 22.4. The smallest absolute Gasteiger partial charge is 0.0175 e. The van der Waals surface area contributed by atoms with Gasteiger partial charge in [0, 0.05) is 0 Å². The zero-order valence-electron chi connectivity index (χ0n) is 19.4. The van der Waals surface area contributed by atoms with Crippen LogP contribution in [0.1, 0.15) is 28.7 Å². The molecule has 0 aliphatic heterocycles. The van der Waals surface area contributed by atoms with E-state index in [1.165, 1.54) is 71.8 Å². The van der Waals surface area contributed by atoms with Gasteiger partial charge in [-0.2, -0.15) is 0 Å². The molecule has 0 fully saturated rings.